The summed E-state index contributed by atoms with van der Waals surface area (Å²) in [6.07, 6.45) is 2.57. The highest BCUT2D eigenvalue weighted by atomic mass is 16.6. The summed E-state index contributed by atoms with van der Waals surface area (Å²) < 4.78 is 33.4. The molecule has 0 spiro atoms. The molecule has 254 valence electrons. The number of esters is 2. The minimum atomic E-state index is -1.01. The van der Waals surface area contributed by atoms with Crippen molar-refractivity contribution >= 4 is 29.6 Å². The van der Waals surface area contributed by atoms with E-state index in [-0.39, 0.29) is 40.8 Å². The van der Waals surface area contributed by atoms with Gasteiger partial charge >= 0.3 is 18.0 Å². The minimum Gasteiger partial charge on any atom is -0.492 e. The molecule has 0 aromatic heterocycles. The van der Waals surface area contributed by atoms with Crippen LogP contribution in [0, 0.1) is 11.8 Å². The molecule has 0 saturated carbocycles. The fourth-order valence-corrected chi connectivity index (χ4v) is 5.27. The largest absolute Gasteiger partial charge is 0.492 e. The van der Waals surface area contributed by atoms with Gasteiger partial charge in [0.05, 0.1) is 25.0 Å². The van der Waals surface area contributed by atoms with Crippen molar-refractivity contribution in [3.05, 3.63) is 47.1 Å². The molecule has 6 atom stereocenters. The topological polar surface area (TPSA) is 182 Å². The average Bonchev–Trinajstić information content (AvgIpc) is 2.97. The van der Waals surface area contributed by atoms with Gasteiger partial charge in [0.25, 0.3) is 5.91 Å². The molecule has 0 unspecified atom stereocenters. The predicted octanol–water partition coefficient (Wildman–Crippen LogP) is 4.01. The highest BCUT2D eigenvalue weighted by Gasteiger charge is 2.31. The fourth-order valence-electron chi connectivity index (χ4n) is 5.27. The SMILES string of the molecule is COc1c(OC(C)=O)cc2c(OC(C)=O)c1C[C@@H](C)C[C@@H](OC)[C@@H](O)[C@@H](C)/C=C(/C)[C@@H](OC(N)=O)[C@@H](OC)/C=C/C=C(\C)C(=O)N2. The zero-order valence-corrected chi connectivity index (χ0v) is 27.9. The molecule has 13 nitrogen and oxygen atoms in total. The lowest BCUT2D eigenvalue weighted by Crippen LogP contribution is -2.37. The third-order valence-corrected chi connectivity index (χ3v) is 7.45. The maximum atomic E-state index is 13.4. The van der Waals surface area contributed by atoms with Gasteiger partial charge < -0.3 is 44.6 Å². The van der Waals surface area contributed by atoms with Crippen molar-refractivity contribution in [1.82, 2.24) is 0 Å². The molecule has 4 N–H and O–H groups in total. The third kappa shape index (κ3) is 10.4. The van der Waals surface area contributed by atoms with E-state index in [0.29, 0.717) is 17.6 Å². The van der Waals surface area contributed by atoms with Gasteiger partial charge in [0.1, 0.15) is 6.10 Å². The van der Waals surface area contributed by atoms with E-state index in [9.17, 15) is 24.3 Å². The summed E-state index contributed by atoms with van der Waals surface area (Å²) in [6, 6.07) is 1.35. The van der Waals surface area contributed by atoms with Crippen LogP contribution in [0.15, 0.2) is 41.5 Å². The maximum Gasteiger partial charge on any atom is 0.405 e. The zero-order chi connectivity index (χ0) is 34.7. The molecule has 2 bridgehead atoms. The number of aliphatic hydroxyl groups is 1. The van der Waals surface area contributed by atoms with E-state index in [1.54, 1.807) is 39.0 Å². The summed E-state index contributed by atoms with van der Waals surface area (Å²) in [5, 5.41) is 14.1. The van der Waals surface area contributed by atoms with Crippen LogP contribution < -0.4 is 25.3 Å². The molecule has 13 heteroatoms. The van der Waals surface area contributed by atoms with Crippen molar-refractivity contribution in [2.45, 2.75) is 78.8 Å². The van der Waals surface area contributed by atoms with Crippen LogP contribution in [0.2, 0.25) is 0 Å². The summed E-state index contributed by atoms with van der Waals surface area (Å²) >= 11 is 0. The number of hydrogen-bond donors (Lipinski definition) is 3. The molecule has 2 rings (SSSR count). The summed E-state index contributed by atoms with van der Waals surface area (Å²) in [4.78, 5) is 49.4. The number of allylic oxidation sites excluding steroid dienone is 2. The van der Waals surface area contributed by atoms with E-state index in [1.165, 1.54) is 47.3 Å². The van der Waals surface area contributed by atoms with Crippen molar-refractivity contribution in [1.29, 1.82) is 0 Å². The van der Waals surface area contributed by atoms with Gasteiger partial charge in [0.2, 0.25) is 0 Å². The minimum absolute atomic E-state index is 0.0109. The number of amides is 2. The first-order chi connectivity index (χ1) is 21.6. The standard InChI is InChI=1S/C33H46N2O11/c1-17-13-23-30(45-22(6)37)24(16-27(31(23)43-9)44-21(5)36)35-32(39)18(2)11-10-12-25(41-7)29(46-33(34)40)20(4)15-19(3)28(38)26(14-17)42-8/h10-12,15-17,19,25-26,28-29,38H,13-14H2,1-9H3,(H2,34,40)(H,35,39)/b12-10+,18-11+,20-15-/t17-,19+,25+,26-,28+,29-/m1/s1. The summed E-state index contributed by atoms with van der Waals surface area (Å²) in [7, 11) is 4.30. The van der Waals surface area contributed by atoms with Crippen molar-refractivity contribution in [3.63, 3.8) is 0 Å². The number of rotatable bonds is 6. The third-order valence-electron chi connectivity index (χ3n) is 7.45. The fraction of sp³-hybridized carbons (Fsp3) is 0.515. The first-order valence-electron chi connectivity index (χ1n) is 14.8. The average molecular weight is 647 g/mol. The van der Waals surface area contributed by atoms with Gasteiger partial charge in [-0.3, -0.25) is 14.4 Å². The van der Waals surface area contributed by atoms with Gasteiger partial charge in [-0.15, -0.1) is 0 Å². The number of carbonyl (C=O) groups excluding carboxylic acids is 4. The number of aliphatic hydroxyl groups excluding tert-OH is 1. The van der Waals surface area contributed by atoms with Crippen LogP contribution in [0.3, 0.4) is 0 Å². The van der Waals surface area contributed by atoms with E-state index in [4.69, 9.17) is 34.2 Å². The van der Waals surface area contributed by atoms with Gasteiger partial charge in [0, 0.05) is 51.2 Å². The quantitative estimate of drug-likeness (QED) is 0.231. The van der Waals surface area contributed by atoms with Gasteiger partial charge in [-0.05, 0) is 38.2 Å². The first kappa shape index (κ1) is 38.0. The number of methoxy groups -OCH3 is 3. The molecule has 1 heterocycles. The highest BCUT2D eigenvalue weighted by molar-refractivity contribution is 6.05. The molecule has 1 aliphatic heterocycles. The Morgan fingerprint density at radius 1 is 1.00 bits per heavy atom. The molecule has 0 saturated heterocycles. The number of anilines is 1. The number of nitrogens with one attached hydrogen (secondary N) is 1. The lowest BCUT2D eigenvalue weighted by molar-refractivity contribution is -0.133. The Hall–Kier alpha value is -4.20. The Morgan fingerprint density at radius 2 is 1.65 bits per heavy atom. The number of carbonyl (C=O) groups is 4. The van der Waals surface area contributed by atoms with Gasteiger partial charge in [-0.25, -0.2) is 4.79 Å². The van der Waals surface area contributed by atoms with Crippen LogP contribution in [0.1, 0.15) is 53.5 Å². The Kier molecular flexibility index (Phi) is 14.4. The Balaban J connectivity index is 2.84. The van der Waals surface area contributed by atoms with Gasteiger partial charge in [0.15, 0.2) is 23.4 Å². The lowest BCUT2D eigenvalue weighted by Gasteiger charge is -2.30. The van der Waals surface area contributed by atoms with Crippen LogP contribution in [0.25, 0.3) is 0 Å². The van der Waals surface area contributed by atoms with Gasteiger partial charge in [-0.2, -0.15) is 0 Å². The molecular weight excluding hydrogens is 600 g/mol. The molecule has 1 aromatic rings. The smallest absolute Gasteiger partial charge is 0.405 e. The van der Waals surface area contributed by atoms with Crippen molar-refractivity contribution in [2.24, 2.45) is 17.6 Å². The van der Waals surface area contributed by atoms with E-state index in [1.807, 2.05) is 6.92 Å². The number of nitrogens with two attached hydrogens (primary N) is 1. The molecule has 1 aromatic carbocycles. The zero-order valence-electron chi connectivity index (χ0n) is 27.9. The second-order valence-electron chi connectivity index (χ2n) is 11.3. The second-order valence-corrected chi connectivity index (χ2v) is 11.3. The van der Waals surface area contributed by atoms with Crippen LogP contribution >= 0.6 is 0 Å². The molecule has 0 aliphatic carbocycles. The number of hydrogen-bond acceptors (Lipinski definition) is 11. The van der Waals surface area contributed by atoms with Crippen LogP contribution in [-0.2, 0) is 35.0 Å². The number of benzene rings is 1. The Bertz CT molecular complexity index is 1370. The van der Waals surface area contributed by atoms with Crippen molar-refractivity contribution in [3.8, 4) is 17.2 Å². The van der Waals surface area contributed by atoms with Crippen molar-refractivity contribution < 1.29 is 52.7 Å². The summed E-state index contributed by atoms with van der Waals surface area (Å²) in [5.74, 6) is -2.36. The summed E-state index contributed by atoms with van der Waals surface area (Å²) in [5.41, 5.74) is 6.62. The molecular formula is C33H46N2O11. The van der Waals surface area contributed by atoms with E-state index < -0.39 is 54.3 Å². The molecule has 1 aliphatic rings. The molecule has 0 radical (unpaired) electrons. The number of fused-ring (bicyclic) bond motifs is 2. The van der Waals surface area contributed by atoms with E-state index in [0.717, 1.165) is 0 Å². The Labute approximate surface area is 269 Å². The highest BCUT2D eigenvalue weighted by Crippen LogP contribution is 2.45. The van der Waals surface area contributed by atoms with Crippen molar-refractivity contribution in [2.75, 3.05) is 26.6 Å². The van der Waals surface area contributed by atoms with E-state index in [2.05, 4.69) is 5.32 Å². The second kappa shape index (κ2) is 17.5. The van der Waals surface area contributed by atoms with Crippen LogP contribution in [0.5, 0.6) is 17.2 Å². The normalized spacial score (nSPS) is 27.6. The number of primary amides is 1. The Morgan fingerprint density at radius 3 is 2.20 bits per heavy atom. The number of ether oxygens (including phenoxy) is 6. The predicted molar refractivity (Wildman–Crippen MR) is 170 cm³/mol. The maximum absolute atomic E-state index is 13.4. The van der Waals surface area contributed by atoms with Crippen LogP contribution in [-0.4, -0.2) is 74.8 Å². The van der Waals surface area contributed by atoms with E-state index >= 15 is 0 Å². The first-order valence-corrected chi connectivity index (χ1v) is 14.8. The molecule has 2 amide bonds. The molecule has 0 fully saturated rings. The van der Waals surface area contributed by atoms with Gasteiger partial charge in [-0.1, -0.05) is 38.2 Å². The lowest BCUT2D eigenvalue weighted by atomic mass is 9.87. The summed E-state index contributed by atoms with van der Waals surface area (Å²) in [6.45, 7) is 9.43. The molecule has 46 heavy (non-hydrogen) atoms. The monoisotopic (exact) mass is 646 g/mol. The van der Waals surface area contributed by atoms with Crippen LogP contribution in [0.4, 0.5) is 10.5 Å².